The molecule has 5 heteroatoms. The number of benzene rings is 1. The van der Waals surface area contributed by atoms with E-state index in [1.807, 2.05) is 19.1 Å². The fraction of sp³-hybridized carbons (Fsp3) is 0.267. The number of furan rings is 1. The molecule has 0 unspecified atom stereocenters. The van der Waals surface area contributed by atoms with E-state index in [4.69, 9.17) is 21.1 Å². The van der Waals surface area contributed by atoms with E-state index in [0.717, 1.165) is 23.6 Å². The Morgan fingerprint density at radius 2 is 1.85 bits per heavy atom. The molecule has 1 aromatic carbocycles. The van der Waals surface area contributed by atoms with Crippen LogP contribution in [-0.2, 0) is 17.8 Å². The van der Waals surface area contributed by atoms with Gasteiger partial charge in [-0.15, -0.1) is 0 Å². The average Bonchev–Trinajstić information content (AvgIpc) is 2.86. The summed E-state index contributed by atoms with van der Waals surface area (Å²) in [5.41, 5.74) is 0.797. The Bertz CT molecular complexity index is 577. The predicted molar refractivity (Wildman–Crippen MR) is 78.2 cm³/mol. The Kier molecular flexibility index (Phi) is 4.69. The van der Waals surface area contributed by atoms with Gasteiger partial charge in [-0.05, 0) is 36.4 Å². The van der Waals surface area contributed by atoms with Gasteiger partial charge in [0.2, 0.25) is 0 Å². The summed E-state index contributed by atoms with van der Waals surface area (Å²) in [4.78, 5) is 12.7. The highest BCUT2D eigenvalue weighted by molar-refractivity contribution is 6.30. The number of aliphatic carboxylic acids is 1. The van der Waals surface area contributed by atoms with Gasteiger partial charge in [0.05, 0.1) is 6.54 Å². The van der Waals surface area contributed by atoms with Crippen LogP contribution in [0.4, 0.5) is 5.69 Å². The van der Waals surface area contributed by atoms with Gasteiger partial charge in [-0.2, -0.15) is 0 Å². The molecule has 0 atom stereocenters. The molecule has 1 aromatic heterocycles. The molecule has 0 bridgehead atoms. The molecule has 0 saturated heterocycles. The van der Waals surface area contributed by atoms with Gasteiger partial charge >= 0.3 is 5.97 Å². The second-order valence-corrected chi connectivity index (χ2v) is 4.88. The maximum Gasteiger partial charge on any atom is 0.323 e. The van der Waals surface area contributed by atoms with Crippen molar-refractivity contribution in [1.82, 2.24) is 0 Å². The summed E-state index contributed by atoms with van der Waals surface area (Å²) in [6.07, 6.45) is 0.819. The lowest BCUT2D eigenvalue weighted by atomic mass is 10.2. The van der Waals surface area contributed by atoms with Crippen molar-refractivity contribution in [2.24, 2.45) is 0 Å². The first kappa shape index (κ1) is 14.5. The van der Waals surface area contributed by atoms with Crippen LogP contribution in [0.25, 0.3) is 0 Å². The molecule has 4 nitrogen and oxygen atoms in total. The third-order valence-corrected chi connectivity index (χ3v) is 3.18. The van der Waals surface area contributed by atoms with Crippen LogP contribution in [0.15, 0.2) is 40.8 Å². The third-order valence-electron chi connectivity index (χ3n) is 2.93. The number of aryl methyl sites for hydroxylation is 1. The fourth-order valence-electron chi connectivity index (χ4n) is 1.94. The van der Waals surface area contributed by atoms with E-state index in [1.54, 1.807) is 29.2 Å². The minimum absolute atomic E-state index is 0.0935. The molecule has 106 valence electrons. The molecule has 1 heterocycles. The normalized spacial score (nSPS) is 10.5. The number of rotatable bonds is 6. The Morgan fingerprint density at radius 1 is 1.20 bits per heavy atom. The number of halogens is 1. The molecule has 0 aliphatic heterocycles. The number of anilines is 1. The van der Waals surface area contributed by atoms with Crippen molar-refractivity contribution < 1.29 is 14.3 Å². The summed E-state index contributed by atoms with van der Waals surface area (Å²) >= 11 is 5.85. The van der Waals surface area contributed by atoms with E-state index in [1.165, 1.54) is 0 Å². The van der Waals surface area contributed by atoms with Crippen LogP contribution in [0.2, 0.25) is 5.02 Å². The molecule has 2 aromatic rings. The molecule has 0 spiro atoms. The van der Waals surface area contributed by atoms with Crippen LogP contribution in [0.1, 0.15) is 18.4 Å². The first-order chi connectivity index (χ1) is 9.58. The number of carboxylic acids is 1. The lowest BCUT2D eigenvalue weighted by Gasteiger charge is -2.21. The standard InChI is InChI=1S/C15H16ClNO3/c1-2-13-7-8-14(20-13)9-17(10-15(18)19)12-5-3-11(16)4-6-12/h3-8H,2,9-10H2,1H3,(H,18,19). The van der Waals surface area contributed by atoms with Gasteiger partial charge in [-0.3, -0.25) is 4.79 Å². The third kappa shape index (κ3) is 3.78. The molecular formula is C15H16ClNO3. The maximum atomic E-state index is 11.0. The lowest BCUT2D eigenvalue weighted by Crippen LogP contribution is -2.28. The van der Waals surface area contributed by atoms with Crippen molar-refractivity contribution in [2.45, 2.75) is 19.9 Å². The molecule has 20 heavy (non-hydrogen) atoms. The molecule has 0 radical (unpaired) electrons. The molecule has 0 aliphatic carbocycles. The van der Waals surface area contributed by atoms with Crippen molar-refractivity contribution in [3.05, 3.63) is 52.9 Å². The van der Waals surface area contributed by atoms with Crippen molar-refractivity contribution in [3.8, 4) is 0 Å². The van der Waals surface area contributed by atoms with E-state index in [9.17, 15) is 4.79 Å². The van der Waals surface area contributed by atoms with Gasteiger partial charge in [-0.1, -0.05) is 18.5 Å². The first-order valence-corrected chi connectivity index (χ1v) is 6.76. The Labute approximate surface area is 122 Å². The summed E-state index contributed by atoms with van der Waals surface area (Å²) in [6, 6.07) is 10.9. The largest absolute Gasteiger partial charge is 0.480 e. The summed E-state index contributed by atoms with van der Waals surface area (Å²) in [5, 5.41) is 9.65. The van der Waals surface area contributed by atoms with Crippen molar-refractivity contribution >= 4 is 23.3 Å². The van der Waals surface area contributed by atoms with Crippen LogP contribution < -0.4 is 4.90 Å². The van der Waals surface area contributed by atoms with E-state index >= 15 is 0 Å². The minimum Gasteiger partial charge on any atom is -0.480 e. The van der Waals surface area contributed by atoms with Crippen LogP contribution in [-0.4, -0.2) is 17.6 Å². The molecule has 0 saturated carbocycles. The highest BCUT2D eigenvalue weighted by atomic mass is 35.5. The summed E-state index contributed by atoms with van der Waals surface area (Å²) < 4.78 is 5.63. The minimum atomic E-state index is -0.887. The van der Waals surface area contributed by atoms with Gasteiger partial charge < -0.3 is 14.4 Å². The monoisotopic (exact) mass is 293 g/mol. The molecule has 2 rings (SSSR count). The second kappa shape index (κ2) is 6.48. The molecule has 0 aliphatic rings. The van der Waals surface area contributed by atoms with Gasteiger partial charge in [0, 0.05) is 17.1 Å². The Balaban J connectivity index is 2.18. The first-order valence-electron chi connectivity index (χ1n) is 6.38. The average molecular weight is 294 g/mol. The molecule has 0 amide bonds. The van der Waals surface area contributed by atoms with Crippen LogP contribution >= 0.6 is 11.6 Å². The summed E-state index contributed by atoms with van der Waals surface area (Å²) in [6.45, 7) is 2.33. The van der Waals surface area contributed by atoms with Crippen molar-refractivity contribution in [3.63, 3.8) is 0 Å². The van der Waals surface area contributed by atoms with Gasteiger partial charge in [0.15, 0.2) is 0 Å². The van der Waals surface area contributed by atoms with E-state index in [-0.39, 0.29) is 6.54 Å². The summed E-state index contributed by atoms with van der Waals surface area (Å²) in [5.74, 6) is 0.756. The Morgan fingerprint density at radius 3 is 2.40 bits per heavy atom. The van der Waals surface area contributed by atoms with Crippen LogP contribution in [0, 0.1) is 0 Å². The van der Waals surface area contributed by atoms with Gasteiger partial charge in [0.1, 0.15) is 18.1 Å². The number of carboxylic acid groups (broad SMARTS) is 1. The van der Waals surface area contributed by atoms with Gasteiger partial charge in [-0.25, -0.2) is 0 Å². The van der Waals surface area contributed by atoms with Crippen molar-refractivity contribution in [2.75, 3.05) is 11.4 Å². The topological polar surface area (TPSA) is 53.7 Å². The molecule has 1 N–H and O–H groups in total. The van der Waals surface area contributed by atoms with Gasteiger partial charge in [0.25, 0.3) is 0 Å². The maximum absolute atomic E-state index is 11.0. The Hall–Kier alpha value is -1.94. The highest BCUT2D eigenvalue weighted by Crippen LogP contribution is 2.21. The fourth-order valence-corrected chi connectivity index (χ4v) is 2.07. The van der Waals surface area contributed by atoms with E-state index in [2.05, 4.69) is 0 Å². The van der Waals surface area contributed by atoms with E-state index < -0.39 is 5.97 Å². The SMILES string of the molecule is CCc1ccc(CN(CC(=O)O)c2ccc(Cl)cc2)o1. The zero-order chi connectivity index (χ0) is 14.5. The molecule has 0 fully saturated rings. The lowest BCUT2D eigenvalue weighted by molar-refractivity contribution is -0.135. The second-order valence-electron chi connectivity index (χ2n) is 4.45. The number of nitrogens with zero attached hydrogens (tertiary/aromatic N) is 1. The number of hydrogen-bond acceptors (Lipinski definition) is 3. The predicted octanol–water partition coefficient (Wildman–Crippen LogP) is 3.59. The number of carbonyl (C=O) groups is 1. The van der Waals surface area contributed by atoms with Crippen LogP contribution in [0.5, 0.6) is 0 Å². The van der Waals surface area contributed by atoms with Crippen LogP contribution in [0.3, 0.4) is 0 Å². The quantitative estimate of drug-likeness (QED) is 0.884. The smallest absolute Gasteiger partial charge is 0.323 e. The highest BCUT2D eigenvalue weighted by Gasteiger charge is 2.13. The number of hydrogen-bond donors (Lipinski definition) is 1. The van der Waals surface area contributed by atoms with E-state index in [0.29, 0.717) is 11.6 Å². The zero-order valence-electron chi connectivity index (χ0n) is 11.2. The van der Waals surface area contributed by atoms with Crippen molar-refractivity contribution in [1.29, 1.82) is 0 Å². The zero-order valence-corrected chi connectivity index (χ0v) is 11.9. The summed E-state index contributed by atoms with van der Waals surface area (Å²) in [7, 11) is 0. The molecular weight excluding hydrogens is 278 g/mol.